The molecule has 1 saturated heterocycles. The van der Waals surface area contributed by atoms with Gasteiger partial charge >= 0.3 is 5.97 Å². The number of carbonyl (C=O) groups is 2. The fourth-order valence-electron chi connectivity index (χ4n) is 4.49. The van der Waals surface area contributed by atoms with E-state index in [1.807, 2.05) is 13.0 Å². The minimum atomic E-state index is -0.806. The predicted octanol–water partition coefficient (Wildman–Crippen LogP) is -0.245. The molecule has 2 aromatic rings. The van der Waals surface area contributed by atoms with Gasteiger partial charge in [-0.25, -0.2) is 4.79 Å². The molecule has 0 aromatic carbocycles. The predicted molar refractivity (Wildman–Crippen MR) is 107 cm³/mol. The van der Waals surface area contributed by atoms with Crippen molar-refractivity contribution in [3.05, 3.63) is 47.7 Å². The summed E-state index contributed by atoms with van der Waals surface area (Å²) >= 11 is 0. The number of β-amino-alcohol motifs (C(OH)–C–C–N with tert-alkyl or cyclic N) is 1. The number of piperidine rings is 1. The van der Waals surface area contributed by atoms with Gasteiger partial charge in [0.25, 0.3) is 0 Å². The van der Waals surface area contributed by atoms with Gasteiger partial charge in [-0.1, -0.05) is 0 Å². The molecular formula is C20H22N8O4. The zero-order chi connectivity index (χ0) is 22.3. The average Bonchev–Trinajstić information content (AvgIpc) is 3.52. The zero-order valence-corrected chi connectivity index (χ0v) is 17.5. The lowest BCUT2D eigenvalue weighted by molar-refractivity contribution is -0.138. The summed E-state index contributed by atoms with van der Waals surface area (Å²) in [5.74, 6) is 0.0325. The molecule has 1 N–H and O–H groups in total. The van der Waals surface area contributed by atoms with E-state index in [2.05, 4.69) is 30.6 Å². The van der Waals surface area contributed by atoms with Crippen LogP contribution in [0.1, 0.15) is 31.6 Å². The first-order valence-corrected chi connectivity index (χ1v) is 10.3. The maximum Gasteiger partial charge on any atom is 0.333 e. The fraction of sp³-hybridized carbons (Fsp3) is 0.450. The molecule has 1 atom stereocenters. The van der Waals surface area contributed by atoms with E-state index >= 15 is 0 Å². The molecule has 0 saturated carbocycles. The first-order chi connectivity index (χ1) is 15.4. The number of cyclic esters (lactones) is 1. The van der Waals surface area contributed by atoms with Gasteiger partial charge in [0.2, 0.25) is 5.91 Å². The van der Waals surface area contributed by atoms with Gasteiger partial charge in [0.15, 0.2) is 5.82 Å². The molecule has 0 radical (unpaired) electrons. The summed E-state index contributed by atoms with van der Waals surface area (Å²) < 4.78 is 6.35. The summed E-state index contributed by atoms with van der Waals surface area (Å²) in [6, 6.07) is 3.39. The van der Waals surface area contributed by atoms with Crippen LogP contribution in [0.5, 0.6) is 0 Å². The molecule has 3 aliphatic heterocycles. The highest BCUT2D eigenvalue weighted by Crippen LogP contribution is 2.43. The number of ether oxygens (including phenoxy) is 1. The number of likely N-dealkylation sites (tertiary alicyclic amines) is 1. The Hall–Kier alpha value is -3.51. The van der Waals surface area contributed by atoms with Gasteiger partial charge in [-0.3, -0.25) is 9.69 Å². The van der Waals surface area contributed by atoms with Crippen LogP contribution in [0.2, 0.25) is 0 Å². The molecule has 0 bridgehead atoms. The summed E-state index contributed by atoms with van der Waals surface area (Å²) in [5, 5.41) is 29.6. The van der Waals surface area contributed by atoms with Gasteiger partial charge in [0.1, 0.15) is 19.0 Å². The lowest BCUT2D eigenvalue weighted by Crippen LogP contribution is -2.46. The number of hydrogen-bond acceptors (Lipinski definition) is 10. The van der Waals surface area contributed by atoms with Crippen molar-refractivity contribution in [3.8, 4) is 5.82 Å². The Bertz CT molecular complexity index is 1090. The fourth-order valence-corrected chi connectivity index (χ4v) is 4.49. The summed E-state index contributed by atoms with van der Waals surface area (Å²) in [6.45, 7) is 3.71. The lowest BCUT2D eigenvalue weighted by atomic mass is 9.78. The number of nitrogens with zero attached hydrogens (tertiary/aromatic N) is 8. The third-order valence-corrected chi connectivity index (χ3v) is 6.18. The molecule has 12 nitrogen and oxygen atoms in total. The molecular weight excluding hydrogens is 416 g/mol. The van der Waals surface area contributed by atoms with E-state index in [1.54, 1.807) is 17.0 Å². The van der Waals surface area contributed by atoms with Gasteiger partial charge in [-0.2, -0.15) is 9.78 Å². The van der Waals surface area contributed by atoms with Crippen molar-refractivity contribution in [2.75, 3.05) is 26.2 Å². The van der Waals surface area contributed by atoms with Gasteiger partial charge in [0, 0.05) is 18.3 Å². The standard InChI is InChI=1S/C20H22N8O4/c1-13-9-20(19(31)28(13)14-8-18(30)32-11-14)4-6-26(7-5-20)10-16(29)15-2-3-17(23-22-15)27-12-21-24-25-27/h2-3,8-9,12,16,29H,4-7,10-11H2,1H3/t16-/m0/s1. The summed E-state index contributed by atoms with van der Waals surface area (Å²) in [6.07, 6.45) is 5.27. The molecule has 1 amide bonds. The molecule has 2 aromatic heterocycles. The Kier molecular flexibility index (Phi) is 5.02. The van der Waals surface area contributed by atoms with Crippen LogP contribution in [0.3, 0.4) is 0 Å². The molecule has 12 heteroatoms. The number of esters is 1. The Morgan fingerprint density at radius 1 is 1.22 bits per heavy atom. The number of rotatable bonds is 5. The first kappa shape index (κ1) is 20.4. The molecule has 1 fully saturated rings. The van der Waals surface area contributed by atoms with Crippen LogP contribution in [-0.4, -0.2) is 83.4 Å². The van der Waals surface area contributed by atoms with Gasteiger partial charge in [0.05, 0.1) is 16.8 Å². The highest BCUT2D eigenvalue weighted by Gasteiger charge is 2.48. The van der Waals surface area contributed by atoms with Gasteiger partial charge in [-0.15, -0.1) is 10.2 Å². The topological polar surface area (TPSA) is 139 Å². The summed E-state index contributed by atoms with van der Waals surface area (Å²) in [4.78, 5) is 28.4. The monoisotopic (exact) mass is 438 g/mol. The number of hydrogen-bond donors (Lipinski definition) is 1. The first-order valence-electron chi connectivity index (χ1n) is 10.3. The van der Waals surface area contributed by atoms with E-state index in [1.165, 1.54) is 17.1 Å². The Labute approximate surface area is 183 Å². The van der Waals surface area contributed by atoms with Crippen LogP contribution in [0, 0.1) is 5.41 Å². The SMILES string of the molecule is CC1=CC2(CCN(C[C@H](O)c3ccc(-n4cnnn4)nn3)CC2)C(=O)N1C1=CC(=O)OC1. The molecule has 0 aliphatic carbocycles. The number of aliphatic hydroxyl groups excluding tert-OH is 1. The van der Waals surface area contributed by atoms with E-state index in [9.17, 15) is 14.7 Å². The van der Waals surface area contributed by atoms with E-state index in [4.69, 9.17) is 4.74 Å². The van der Waals surface area contributed by atoms with Crippen LogP contribution in [0.25, 0.3) is 5.82 Å². The second kappa shape index (κ2) is 7.88. The van der Waals surface area contributed by atoms with Crippen molar-refractivity contribution in [1.82, 2.24) is 40.2 Å². The maximum absolute atomic E-state index is 13.2. The number of aromatic nitrogens is 6. The van der Waals surface area contributed by atoms with E-state index in [0.29, 0.717) is 49.7 Å². The van der Waals surface area contributed by atoms with Crippen LogP contribution >= 0.6 is 0 Å². The molecule has 1 spiro atoms. The summed E-state index contributed by atoms with van der Waals surface area (Å²) in [5.41, 5.74) is 1.29. The molecule has 32 heavy (non-hydrogen) atoms. The van der Waals surface area contributed by atoms with Crippen molar-refractivity contribution in [3.63, 3.8) is 0 Å². The second-order valence-corrected chi connectivity index (χ2v) is 8.21. The Balaban J connectivity index is 1.20. The van der Waals surface area contributed by atoms with Crippen LogP contribution < -0.4 is 0 Å². The Morgan fingerprint density at radius 3 is 2.66 bits per heavy atom. The smallest absolute Gasteiger partial charge is 0.333 e. The summed E-state index contributed by atoms with van der Waals surface area (Å²) in [7, 11) is 0. The molecule has 166 valence electrons. The van der Waals surface area contributed by atoms with Crippen molar-refractivity contribution >= 4 is 11.9 Å². The lowest BCUT2D eigenvalue weighted by Gasteiger charge is -2.38. The van der Waals surface area contributed by atoms with Crippen LogP contribution in [0.15, 0.2) is 42.0 Å². The van der Waals surface area contributed by atoms with Crippen molar-refractivity contribution in [1.29, 1.82) is 0 Å². The maximum atomic E-state index is 13.2. The van der Waals surface area contributed by atoms with Crippen LogP contribution in [0.4, 0.5) is 0 Å². The normalized spacial score (nSPS) is 21.6. The number of tetrazole rings is 1. The average molecular weight is 438 g/mol. The molecule has 3 aliphatic rings. The molecule has 0 unspecified atom stereocenters. The quantitative estimate of drug-likeness (QED) is 0.622. The largest absolute Gasteiger partial charge is 0.456 e. The highest BCUT2D eigenvalue weighted by atomic mass is 16.5. The van der Waals surface area contributed by atoms with Crippen molar-refractivity contribution in [2.24, 2.45) is 5.41 Å². The van der Waals surface area contributed by atoms with Crippen LogP contribution in [-0.2, 0) is 14.3 Å². The minimum absolute atomic E-state index is 0.0104. The van der Waals surface area contributed by atoms with Crippen molar-refractivity contribution in [2.45, 2.75) is 25.9 Å². The number of carbonyl (C=O) groups excluding carboxylic acids is 2. The van der Waals surface area contributed by atoms with Crippen molar-refractivity contribution < 1.29 is 19.4 Å². The third kappa shape index (κ3) is 3.56. The van der Waals surface area contributed by atoms with E-state index in [0.717, 1.165) is 5.70 Å². The molecule has 5 heterocycles. The van der Waals surface area contributed by atoms with E-state index in [-0.39, 0.29) is 12.5 Å². The Morgan fingerprint density at radius 2 is 2.03 bits per heavy atom. The van der Waals surface area contributed by atoms with Gasteiger partial charge < -0.3 is 14.7 Å². The number of aliphatic hydroxyl groups is 1. The second-order valence-electron chi connectivity index (χ2n) is 8.21. The molecule has 5 rings (SSSR count). The number of allylic oxidation sites excluding steroid dienone is 1. The number of amides is 1. The zero-order valence-electron chi connectivity index (χ0n) is 17.5. The third-order valence-electron chi connectivity index (χ3n) is 6.18. The minimum Gasteiger partial charge on any atom is -0.456 e. The van der Waals surface area contributed by atoms with E-state index < -0.39 is 17.5 Å². The highest BCUT2D eigenvalue weighted by molar-refractivity contribution is 5.93. The van der Waals surface area contributed by atoms with Gasteiger partial charge in [-0.05, 0) is 61.5 Å².